The average molecular weight is 207 g/mol. The van der Waals surface area contributed by atoms with E-state index in [1.807, 2.05) is 0 Å². The molecule has 0 fully saturated rings. The minimum absolute atomic E-state index is 0.241. The SMILES string of the molecule is C=CC(OC(=O)N=[N+]=[N-])C1CC=CCC1. The molecule has 0 aliphatic heterocycles. The van der Waals surface area contributed by atoms with Crippen molar-refractivity contribution >= 4 is 6.09 Å². The van der Waals surface area contributed by atoms with Gasteiger partial charge in [0.1, 0.15) is 6.10 Å². The zero-order chi connectivity index (χ0) is 11.1. The maximum absolute atomic E-state index is 10.9. The van der Waals surface area contributed by atoms with E-state index in [0.29, 0.717) is 0 Å². The van der Waals surface area contributed by atoms with Crippen LogP contribution in [0.4, 0.5) is 4.79 Å². The molecular formula is C10H13N3O2. The molecule has 0 heterocycles. The Labute approximate surface area is 88.0 Å². The molecule has 1 rings (SSSR count). The van der Waals surface area contributed by atoms with Crippen LogP contribution in [0.15, 0.2) is 29.9 Å². The monoisotopic (exact) mass is 207 g/mol. The number of hydrogen-bond donors (Lipinski definition) is 0. The average Bonchev–Trinajstić information content (AvgIpc) is 2.27. The molecule has 2 unspecified atom stereocenters. The number of azide groups is 1. The Morgan fingerprint density at radius 2 is 2.53 bits per heavy atom. The second kappa shape index (κ2) is 5.88. The van der Waals surface area contributed by atoms with Gasteiger partial charge < -0.3 is 4.74 Å². The zero-order valence-corrected chi connectivity index (χ0v) is 8.37. The summed E-state index contributed by atoms with van der Waals surface area (Å²) in [5, 5.41) is 2.86. The van der Waals surface area contributed by atoms with Crippen molar-refractivity contribution < 1.29 is 9.53 Å². The Hall–Kier alpha value is -1.74. The van der Waals surface area contributed by atoms with E-state index in [9.17, 15) is 4.79 Å². The summed E-state index contributed by atoms with van der Waals surface area (Å²) >= 11 is 0. The predicted octanol–water partition coefficient (Wildman–Crippen LogP) is 3.34. The van der Waals surface area contributed by atoms with Gasteiger partial charge in [-0.3, -0.25) is 0 Å². The highest BCUT2D eigenvalue weighted by Gasteiger charge is 2.22. The molecule has 0 spiro atoms. The molecule has 0 aromatic carbocycles. The smallest absolute Gasteiger partial charge is 0.397 e. The normalized spacial score (nSPS) is 21.2. The minimum Gasteiger partial charge on any atom is -0.453 e. The first kappa shape index (κ1) is 11.3. The topological polar surface area (TPSA) is 75.1 Å². The van der Waals surface area contributed by atoms with E-state index in [0.717, 1.165) is 19.3 Å². The molecule has 0 aromatic rings. The fourth-order valence-electron chi connectivity index (χ4n) is 1.63. The lowest BCUT2D eigenvalue weighted by Crippen LogP contribution is -2.24. The van der Waals surface area contributed by atoms with Gasteiger partial charge in [0.25, 0.3) is 0 Å². The number of carbonyl (C=O) groups excluding carboxylic acids is 1. The van der Waals surface area contributed by atoms with E-state index in [-0.39, 0.29) is 12.0 Å². The highest BCUT2D eigenvalue weighted by Crippen LogP contribution is 2.24. The second-order valence-electron chi connectivity index (χ2n) is 3.32. The van der Waals surface area contributed by atoms with Crippen LogP contribution in [0, 0.1) is 5.92 Å². The molecule has 2 atom stereocenters. The largest absolute Gasteiger partial charge is 0.453 e. The quantitative estimate of drug-likeness (QED) is 0.308. The van der Waals surface area contributed by atoms with Crippen molar-refractivity contribution in [3.05, 3.63) is 35.2 Å². The van der Waals surface area contributed by atoms with E-state index in [1.165, 1.54) is 0 Å². The summed E-state index contributed by atoms with van der Waals surface area (Å²) in [6.45, 7) is 3.61. The van der Waals surface area contributed by atoms with Crippen molar-refractivity contribution in [2.45, 2.75) is 25.4 Å². The Kier molecular flexibility index (Phi) is 4.44. The summed E-state index contributed by atoms with van der Waals surface area (Å²) < 4.78 is 4.97. The molecule has 0 radical (unpaired) electrons. The van der Waals surface area contributed by atoms with Crippen LogP contribution in [0.1, 0.15) is 19.3 Å². The maximum atomic E-state index is 10.9. The number of nitrogens with zero attached hydrogens (tertiary/aromatic N) is 3. The van der Waals surface area contributed by atoms with Crippen LogP contribution in [0.2, 0.25) is 0 Å². The van der Waals surface area contributed by atoms with Crippen molar-refractivity contribution in [2.75, 3.05) is 0 Å². The molecule has 1 aliphatic carbocycles. The van der Waals surface area contributed by atoms with Gasteiger partial charge >= 0.3 is 6.09 Å². The molecule has 1 amide bonds. The highest BCUT2D eigenvalue weighted by atomic mass is 16.6. The van der Waals surface area contributed by atoms with Crippen molar-refractivity contribution in [3.8, 4) is 0 Å². The van der Waals surface area contributed by atoms with Crippen LogP contribution in [-0.4, -0.2) is 12.2 Å². The molecule has 80 valence electrons. The molecule has 0 N–H and O–H groups in total. The number of hydrogen-bond acceptors (Lipinski definition) is 2. The number of ether oxygens (including phenoxy) is 1. The van der Waals surface area contributed by atoms with Gasteiger partial charge in [-0.2, -0.15) is 0 Å². The van der Waals surface area contributed by atoms with Gasteiger partial charge in [-0.05, 0) is 24.8 Å². The lowest BCUT2D eigenvalue weighted by atomic mass is 9.89. The molecule has 5 heteroatoms. The molecular weight excluding hydrogens is 194 g/mol. The number of rotatable bonds is 3. The third kappa shape index (κ3) is 3.48. The molecule has 0 aromatic heterocycles. The Morgan fingerprint density at radius 1 is 1.73 bits per heavy atom. The summed E-state index contributed by atoms with van der Waals surface area (Å²) in [6, 6.07) is 0. The van der Waals surface area contributed by atoms with Crippen molar-refractivity contribution in [1.29, 1.82) is 0 Å². The molecule has 0 saturated heterocycles. The van der Waals surface area contributed by atoms with Gasteiger partial charge in [-0.1, -0.05) is 24.8 Å². The van der Waals surface area contributed by atoms with E-state index in [2.05, 4.69) is 28.8 Å². The summed E-state index contributed by atoms with van der Waals surface area (Å²) in [7, 11) is 0. The minimum atomic E-state index is -0.892. The lowest BCUT2D eigenvalue weighted by Gasteiger charge is -2.24. The van der Waals surface area contributed by atoms with Gasteiger partial charge in [-0.25, -0.2) is 4.79 Å². The van der Waals surface area contributed by atoms with Crippen LogP contribution in [-0.2, 0) is 4.74 Å². The first-order valence-corrected chi connectivity index (χ1v) is 4.81. The van der Waals surface area contributed by atoms with Crippen LogP contribution >= 0.6 is 0 Å². The maximum Gasteiger partial charge on any atom is 0.397 e. The Morgan fingerprint density at radius 3 is 3.07 bits per heavy atom. The lowest BCUT2D eigenvalue weighted by molar-refractivity contribution is 0.0935. The predicted molar refractivity (Wildman–Crippen MR) is 56.1 cm³/mol. The van der Waals surface area contributed by atoms with E-state index >= 15 is 0 Å². The fourth-order valence-corrected chi connectivity index (χ4v) is 1.63. The van der Waals surface area contributed by atoms with Gasteiger partial charge in [0, 0.05) is 15.9 Å². The first-order chi connectivity index (χ1) is 7.27. The Bertz CT molecular complexity index is 319. The van der Waals surface area contributed by atoms with Crippen LogP contribution in [0.3, 0.4) is 0 Å². The van der Waals surface area contributed by atoms with Gasteiger partial charge in [0.05, 0.1) is 0 Å². The fraction of sp³-hybridized carbons (Fsp3) is 0.500. The summed E-state index contributed by atoms with van der Waals surface area (Å²) in [4.78, 5) is 13.3. The van der Waals surface area contributed by atoms with Crippen LogP contribution < -0.4 is 0 Å². The van der Waals surface area contributed by atoms with Crippen molar-refractivity contribution in [2.24, 2.45) is 11.0 Å². The third-order valence-electron chi connectivity index (χ3n) is 2.37. The number of allylic oxidation sites excluding steroid dienone is 2. The molecule has 5 nitrogen and oxygen atoms in total. The van der Waals surface area contributed by atoms with Crippen LogP contribution in [0.5, 0.6) is 0 Å². The van der Waals surface area contributed by atoms with Crippen LogP contribution in [0.25, 0.3) is 10.4 Å². The molecule has 1 aliphatic rings. The van der Waals surface area contributed by atoms with E-state index in [1.54, 1.807) is 6.08 Å². The highest BCUT2D eigenvalue weighted by molar-refractivity contribution is 5.68. The van der Waals surface area contributed by atoms with E-state index < -0.39 is 6.09 Å². The summed E-state index contributed by atoms with van der Waals surface area (Å²) in [5.41, 5.74) is 8.05. The van der Waals surface area contributed by atoms with Gasteiger partial charge in [0.15, 0.2) is 0 Å². The number of amides is 1. The standard InChI is InChI=1S/C10H13N3O2/c1-2-9(15-10(14)12-13-11)8-6-4-3-5-7-8/h2-4,8-9H,1,5-7H2. The summed E-state index contributed by atoms with van der Waals surface area (Å²) in [5.74, 6) is 0.241. The van der Waals surface area contributed by atoms with Gasteiger partial charge in [-0.15, -0.1) is 0 Å². The first-order valence-electron chi connectivity index (χ1n) is 4.81. The molecule has 15 heavy (non-hydrogen) atoms. The second-order valence-corrected chi connectivity index (χ2v) is 3.32. The Balaban J connectivity index is 2.54. The third-order valence-corrected chi connectivity index (χ3v) is 2.37. The summed E-state index contributed by atoms with van der Waals surface area (Å²) in [6.07, 6.45) is 7.28. The van der Waals surface area contributed by atoms with E-state index in [4.69, 9.17) is 10.3 Å². The van der Waals surface area contributed by atoms with Crippen molar-refractivity contribution in [1.82, 2.24) is 0 Å². The molecule has 0 bridgehead atoms. The zero-order valence-electron chi connectivity index (χ0n) is 8.37. The van der Waals surface area contributed by atoms with Gasteiger partial charge in [0.2, 0.25) is 0 Å². The van der Waals surface area contributed by atoms with Crippen molar-refractivity contribution in [3.63, 3.8) is 0 Å². The molecule has 0 saturated carbocycles. The number of carbonyl (C=O) groups is 1.